The predicted molar refractivity (Wildman–Crippen MR) is 112 cm³/mol. The van der Waals surface area contributed by atoms with Gasteiger partial charge in [0.2, 0.25) is 0 Å². The number of aromatic nitrogens is 3. The third-order valence-electron chi connectivity index (χ3n) is 6.97. The second kappa shape index (κ2) is 9.25. The molecular formula is C21H37N7. The van der Waals surface area contributed by atoms with Gasteiger partial charge in [-0.1, -0.05) is 25.7 Å². The van der Waals surface area contributed by atoms with Crippen LogP contribution in [0, 0.1) is 0 Å². The van der Waals surface area contributed by atoms with E-state index in [0.29, 0.717) is 12.1 Å². The molecule has 1 saturated heterocycles. The fourth-order valence-electron chi connectivity index (χ4n) is 5.31. The molecule has 0 aromatic carbocycles. The SMILES string of the molecule is CN=C(NCc1nnc2n1CCCC2)NCC1(N2CCCCC2)CCCCC1. The van der Waals surface area contributed by atoms with Crippen molar-refractivity contribution < 1.29 is 0 Å². The minimum absolute atomic E-state index is 0.310. The first kappa shape index (κ1) is 19.7. The van der Waals surface area contributed by atoms with Gasteiger partial charge in [-0.3, -0.25) is 9.89 Å². The smallest absolute Gasteiger partial charge is 0.191 e. The van der Waals surface area contributed by atoms with Gasteiger partial charge >= 0.3 is 0 Å². The van der Waals surface area contributed by atoms with Gasteiger partial charge < -0.3 is 15.2 Å². The molecule has 7 heteroatoms. The fraction of sp³-hybridized carbons (Fsp3) is 0.857. The van der Waals surface area contributed by atoms with Crippen LogP contribution in [0.1, 0.15) is 75.9 Å². The lowest BCUT2D eigenvalue weighted by Gasteiger charge is -2.48. The summed E-state index contributed by atoms with van der Waals surface area (Å²) >= 11 is 0. The van der Waals surface area contributed by atoms with Crippen LogP contribution in [0.25, 0.3) is 0 Å². The van der Waals surface area contributed by atoms with Crippen LogP contribution in [0.15, 0.2) is 4.99 Å². The highest BCUT2D eigenvalue weighted by atomic mass is 15.3. The average Bonchev–Trinajstić information content (AvgIpc) is 3.18. The molecule has 2 N–H and O–H groups in total. The molecule has 28 heavy (non-hydrogen) atoms. The number of aliphatic imine (C=N–C) groups is 1. The standard InChI is InChI=1S/C21H37N7/c1-22-20(23-16-19-26-25-18-10-4-9-15-28(18)19)24-17-21(11-5-2-6-12-21)27-13-7-3-8-14-27/h2-17H2,1H3,(H2,22,23,24). The molecule has 0 spiro atoms. The van der Waals surface area contributed by atoms with Gasteiger partial charge in [-0.15, -0.1) is 10.2 Å². The molecule has 0 radical (unpaired) electrons. The molecule has 1 saturated carbocycles. The second-order valence-corrected chi connectivity index (χ2v) is 8.75. The topological polar surface area (TPSA) is 70.4 Å². The Labute approximate surface area is 169 Å². The molecule has 0 unspecified atom stereocenters. The fourth-order valence-corrected chi connectivity index (χ4v) is 5.31. The van der Waals surface area contributed by atoms with E-state index in [4.69, 9.17) is 0 Å². The van der Waals surface area contributed by atoms with Crippen molar-refractivity contribution in [3.8, 4) is 0 Å². The van der Waals surface area contributed by atoms with Crippen LogP contribution in [-0.2, 0) is 19.5 Å². The van der Waals surface area contributed by atoms with Crippen molar-refractivity contribution in [2.75, 3.05) is 26.7 Å². The first-order valence-electron chi connectivity index (χ1n) is 11.4. The van der Waals surface area contributed by atoms with Gasteiger partial charge in [-0.2, -0.15) is 0 Å². The van der Waals surface area contributed by atoms with Gasteiger partial charge in [0.05, 0.1) is 6.54 Å². The summed E-state index contributed by atoms with van der Waals surface area (Å²) in [5.41, 5.74) is 0.310. The number of hydrogen-bond acceptors (Lipinski definition) is 4. The highest BCUT2D eigenvalue weighted by Gasteiger charge is 2.38. The zero-order chi connectivity index (χ0) is 19.2. The average molecular weight is 388 g/mol. The summed E-state index contributed by atoms with van der Waals surface area (Å²) in [6, 6.07) is 0. The summed E-state index contributed by atoms with van der Waals surface area (Å²) in [6.45, 7) is 5.25. The first-order chi connectivity index (χ1) is 13.8. The Bertz CT molecular complexity index is 654. The van der Waals surface area contributed by atoms with Crippen LogP contribution in [-0.4, -0.2) is 57.8 Å². The number of likely N-dealkylation sites (tertiary alicyclic amines) is 1. The minimum Gasteiger partial charge on any atom is -0.355 e. The van der Waals surface area contributed by atoms with Crippen LogP contribution >= 0.6 is 0 Å². The Morgan fingerprint density at radius 2 is 1.68 bits per heavy atom. The number of hydrogen-bond donors (Lipinski definition) is 2. The summed E-state index contributed by atoms with van der Waals surface area (Å²) in [5, 5.41) is 15.9. The lowest BCUT2D eigenvalue weighted by atomic mass is 9.79. The number of nitrogens with one attached hydrogen (secondary N) is 2. The molecule has 4 rings (SSSR count). The molecule has 1 aliphatic carbocycles. The summed E-state index contributed by atoms with van der Waals surface area (Å²) in [7, 11) is 1.86. The number of aryl methyl sites for hydroxylation is 1. The van der Waals surface area contributed by atoms with E-state index in [1.165, 1.54) is 77.3 Å². The van der Waals surface area contributed by atoms with Crippen molar-refractivity contribution in [2.24, 2.45) is 4.99 Å². The number of fused-ring (bicyclic) bond motifs is 1. The zero-order valence-corrected chi connectivity index (χ0v) is 17.5. The van der Waals surface area contributed by atoms with Crippen molar-refractivity contribution in [1.29, 1.82) is 0 Å². The van der Waals surface area contributed by atoms with E-state index < -0.39 is 0 Å². The number of rotatable bonds is 5. The van der Waals surface area contributed by atoms with E-state index in [1.54, 1.807) is 0 Å². The summed E-state index contributed by atoms with van der Waals surface area (Å²) in [4.78, 5) is 7.26. The third kappa shape index (κ3) is 4.34. The molecule has 3 aliphatic rings. The Kier molecular flexibility index (Phi) is 6.50. The lowest BCUT2D eigenvalue weighted by molar-refractivity contribution is 0.0368. The van der Waals surface area contributed by atoms with E-state index in [2.05, 4.69) is 35.3 Å². The maximum absolute atomic E-state index is 4.48. The van der Waals surface area contributed by atoms with Crippen LogP contribution in [0.4, 0.5) is 0 Å². The Morgan fingerprint density at radius 1 is 0.929 bits per heavy atom. The number of nitrogens with zero attached hydrogens (tertiary/aromatic N) is 5. The quantitative estimate of drug-likeness (QED) is 0.600. The van der Waals surface area contributed by atoms with Crippen LogP contribution in [0.3, 0.4) is 0 Å². The molecule has 156 valence electrons. The van der Waals surface area contributed by atoms with Gasteiger partial charge in [0, 0.05) is 32.1 Å². The zero-order valence-electron chi connectivity index (χ0n) is 17.5. The van der Waals surface area contributed by atoms with Crippen molar-refractivity contribution in [3.63, 3.8) is 0 Å². The van der Waals surface area contributed by atoms with E-state index in [1.807, 2.05) is 7.05 Å². The van der Waals surface area contributed by atoms with Crippen molar-refractivity contribution in [1.82, 2.24) is 30.3 Å². The van der Waals surface area contributed by atoms with Crippen LogP contribution in [0.2, 0.25) is 0 Å². The Balaban J connectivity index is 1.35. The maximum Gasteiger partial charge on any atom is 0.191 e. The van der Waals surface area contributed by atoms with Crippen molar-refractivity contribution in [2.45, 2.75) is 89.3 Å². The molecule has 0 amide bonds. The van der Waals surface area contributed by atoms with Crippen LogP contribution < -0.4 is 10.6 Å². The lowest BCUT2D eigenvalue weighted by Crippen LogP contribution is -2.59. The van der Waals surface area contributed by atoms with E-state index in [0.717, 1.165) is 37.1 Å². The predicted octanol–water partition coefficient (Wildman–Crippen LogP) is 2.47. The summed E-state index contributed by atoms with van der Waals surface area (Å²) in [5.74, 6) is 3.05. The van der Waals surface area contributed by atoms with E-state index in [-0.39, 0.29) is 0 Å². The summed E-state index contributed by atoms with van der Waals surface area (Å²) < 4.78 is 2.28. The van der Waals surface area contributed by atoms with E-state index in [9.17, 15) is 0 Å². The van der Waals surface area contributed by atoms with Gasteiger partial charge in [0.25, 0.3) is 0 Å². The molecule has 1 aromatic rings. The normalized spacial score (nSPS) is 23.2. The molecule has 7 nitrogen and oxygen atoms in total. The minimum atomic E-state index is 0.310. The highest BCUT2D eigenvalue weighted by molar-refractivity contribution is 5.79. The molecule has 0 atom stereocenters. The first-order valence-corrected chi connectivity index (χ1v) is 11.4. The van der Waals surface area contributed by atoms with Gasteiger partial charge in [-0.05, 0) is 51.6 Å². The Morgan fingerprint density at radius 3 is 2.46 bits per heavy atom. The highest BCUT2D eigenvalue weighted by Crippen LogP contribution is 2.35. The molecule has 3 heterocycles. The van der Waals surface area contributed by atoms with Crippen molar-refractivity contribution in [3.05, 3.63) is 11.6 Å². The molecule has 0 bridgehead atoms. The number of piperidine rings is 1. The second-order valence-electron chi connectivity index (χ2n) is 8.75. The van der Waals surface area contributed by atoms with Gasteiger partial charge in [0.1, 0.15) is 5.82 Å². The molecular weight excluding hydrogens is 350 g/mol. The monoisotopic (exact) mass is 387 g/mol. The molecule has 2 aliphatic heterocycles. The summed E-state index contributed by atoms with van der Waals surface area (Å²) in [6.07, 6.45) is 14.3. The third-order valence-corrected chi connectivity index (χ3v) is 6.97. The molecule has 1 aromatic heterocycles. The van der Waals surface area contributed by atoms with Crippen LogP contribution in [0.5, 0.6) is 0 Å². The van der Waals surface area contributed by atoms with Crippen molar-refractivity contribution >= 4 is 5.96 Å². The van der Waals surface area contributed by atoms with E-state index >= 15 is 0 Å². The van der Waals surface area contributed by atoms with Gasteiger partial charge in [-0.25, -0.2) is 0 Å². The van der Waals surface area contributed by atoms with Gasteiger partial charge in [0.15, 0.2) is 11.8 Å². The number of guanidine groups is 1. The molecule has 2 fully saturated rings. The maximum atomic E-state index is 4.48. The largest absolute Gasteiger partial charge is 0.355 e. The Hall–Kier alpha value is -1.63.